The van der Waals surface area contributed by atoms with E-state index in [1.807, 2.05) is 0 Å². The molecule has 0 fully saturated rings. The molecule has 2 atom stereocenters. The summed E-state index contributed by atoms with van der Waals surface area (Å²) in [5.74, 6) is -3.54. The first kappa shape index (κ1) is 11.8. The molecule has 0 spiro atoms. The smallest absolute Gasteiger partial charge is 0.332 e. The van der Waals surface area contributed by atoms with Crippen LogP contribution in [0.25, 0.3) is 0 Å². The van der Waals surface area contributed by atoms with E-state index in [0.29, 0.717) is 5.57 Å². The van der Waals surface area contributed by atoms with Crippen molar-refractivity contribution in [2.24, 2.45) is 5.92 Å². The molecule has 2 unspecified atom stereocenters. The maximum atomic E-state index is 11.0. The van der Waals surface area contributed by atoms with Crippen molar-refractivity contribution < 1.29 is 19.8 Å². The van der Waals surface area contributed by atoms with Gasteiger partial charge in [-0.3, -0.25) is 4.79 Å². The van der Waals surface area contributed by atoms with E-state index in [1.54, 1.807) is 6.92 Å². The molecule has 15 heavy (non-hydrogen) atoms. The fourth-order valence-corrected chi connectivity index (χ4v) is 1.67. The highest BCUT2D eigenvalue weighted by atomic mass is 35.5. The zero-order chi connectivity index (χ0) is 11.8. The van der Waals surface area contributed by atoms with Gasteiger partial charge in [0.25, 0.3) is 0 Å². The molecule has 0 saturated heterocycles. The molecule has 0 heterocycles. The summed E-state index contributed by atoms with van der Waals surface area (Å²) in [7, 11) is 0. The Bertz CT molecular complexity index is 379. The lowest BCUT2D eigenvalue weighted by atomic mass is 9.83. The Morgan fingerprint density at radius 2 is 2.00 bits per heavy atom. The molecular weight excluding hydrogens is 220 g/mol. The van der Waals surface area contributed by atoms with Crippen LogP contribution in [0.5, 0.6) is 0 Å². The molecule has 0 bridgehead atoms. The number of carboxylic acids is 2. The first-order chi connectivity index (χ1) is 6.77. The minimum absolute atomic E-state index is 0.150. The molecule has 0 aromatic carbocycles. The number of allylic oxidation sites excluding steroid dienone is 2. The van der Waals surface area contributed by atoms with Crippen LogP contribution < -0.4 is 0 Å². The van der Waals surface area contributed by atoms with Gasteiger partial charge in [0.05, 0.1) is 10.4 Å². The van der Waals surface area contributed by atoms with E-state index < -0.39 is 22.7 Å². The van der Waals surface area contributed by atoms with Crippen LogP contribution >= 0.6 is 11.6 Å². The second-order valence-electron chi connectivity index (χ2n) is 3.59. The molecule has 0 aliphatic heterocycles. The fraction of sp³-hybridized carbons (Fsp3) is 0.400. The maximum Gasteiger partial charge on any atom is 0.332 e. The number of hydrogen-bond donors (Lipinski definition) is 2. The van der Waals surface area contributed by atoms with Gasteiger partial charge in [0, 0.05) is 0 Å². The van der Waals surface area contributed by atoms with Gasteiger partial charge in [-0.2, -0.15) is 0 Å². The van der Waals surface area contributed by atoms with Crippen molar-refractivity contribution in [1.29, 1.82) is 0 Å². The highest BCUT2D eigenvalue weighted by Gasteiger charge is 2.36. The highest BCUT2D eigenvalue weighted by Crippen LogP contribution is 2.36. The third-order valence-electron chi connectivity index (χ3n) is 2.55. The van der Waals surface area contributed by atoms with Gasteiger partial charge in [-0.1, -0.05) is 12.2 Å². The van der Waals surface area contributed by atoms with Gasteiger partial charge in [0.15, 0.2) is 0 Å². The topological polar surface area (TPSA) is 74.6 Å². The van der Waals surface area contributed by atoms with Crippen molar-refractivity contribution in [3.05, 3.63) is 23.3 Å². The molecule has 2 N–H and O–H groups in total. The second-order valence-corrected chi connectivity index (χ2v) is 4.38. The summed E-state index contributed by atoms with van der Waals surface area (Å²) < 4.78 is 0. The summed E-state index contributed by atoms with van der Waals surface area (Å²) in [4.78, 5) is 20.9. The predicted molar refractivity (Wildman–Crippen MR) is 54.9 cm³/mol. The van der Waals surface area contributed by atoms with E-state index in [9.17, 15) is 9.59 Å². The Kier molecular flexibility index (Phi) is 2.90. The van der Waals surface area contributed by atoms with Gasteiger partial charge < -0.3 is 10.2 Å². The van der Waals surface area contributed by atoms with Crippen LogP contribution in [-0.4, -0.2) is 27.0 Å². The normalized spacial score (nSPS) is 30.5. The SMILES string of the molecule is CC1=C(C(=O)O)C(C(=O)O)C=CC1(C)Cl. The molecule has 0 radical (unpaired) electrons. The highest BCUT2D eigenvalue weighted by molar-refractivity contribution is 6.27. The Morgan fingerprint density at radius 1 is 1.47 bits per heavy atom. The van der Waals surface area contributed by atoms with E-state index in [0.717, 1.165) is 0 Å². The Morgan fingerprint density at radius 3 is 2.40 bits per heavy atom. The first-order valence-electron chi connectivity index (χ1n) is 4.33. The summed E-state index contributed by atoms with van der Waals surface area (Å²) >= 11 is 6.03. The molecule has 0 amide bonds. The van der Waals surface area contributed by atoms with Crippen LogP contribution in [-0.2, 0) is 9.59 Å². The average Bonchev–Trinajstić information content (AvgIpc) is 2.08. The van der Waals surface area contributed by atoms with Crippen LogP contribution in [0.1, 0.15) is 13.8 Å². The van der Waals surface area contributed by atoms with Crippen molar-refractivity contribution in [1.82, 2.24) is 0 Å². The Labute approximate surface area is 91.9 Å². The van der Waals surface area contributed by atoms with Gasteiger partial charge in [-0.05, 0) is 19.4 Å². The molecular formula is C10H11ClO4. The Balaban J connectivity index is 3.30. The van der Waals surface area contributed by atoms with Crippen molar-refractivity contribution in [2.75, 3.05) is 0 Å². The van der Waals surface area contributed by atoms with Gasteiger partial charge in [-0.25, -0.2) is 4.79 Å². The van der Waals surface area contributed by atoms with Crippen LogP contribution in [0.4, 0.5) is 0 Å². The standard InChI is InChI=1S/C10H11ClO4/c1-5-7(9(14)15)6(8(12)13)3-4-10(5,2)11/h3-4,6H,1-2H3,(H,12,13)(H,14,15). The third kappa shape index (κ3) is 2.04. The molecule has 0 aromatic rings. The molecule has 0 aromatic heterocycles. The number of carbonyl (C=O) groups is 2. The molecule has 5 heteroatoms. The van der Waals surface area contributed by atoms with Crippen molar-refractivity contribution >= 4 is 23.5 Å². The number of carboxylic acid groups (broad SMARTS) is 2. The number of rotatable bonds is 2. The van der Waals surface area contributed by atoms with Crippen LogP contribution in [0.15, 0.2) is 23.3 Å². The van der Waals surface area contributed by atoms with Crippen molar-refractivity contribution in [2.45, 2.75) is 18.7 Å². The minimum atomic E-state index is -1.24. The summed E-state index contributed by atoms with van der Waals surface area (Å²) in [6, 6.07) is 0. The first-order valence-corrected chi connectivity index (χ1v) is 4.71. The minimum Gasteiger partial charge on any atom is -0.481 e. The van der Waals surface area contributed by atoms with Gasteiger partial charge in [-0.15, -0.1) is 11.6 Å². The van der Waals surface area contributed by atoms with Crippen LogP contribution in [0, 0.1) is 5.92 Å². The molecule has 1 aliphatic rings. The largest absolute Gasteiger partial charge is 0.481 e. The lowest BCUT2D eigenvalue weighted by Gasteiger charge is -2.27. The molecule has 82 valence electrons. The fourth-order valence-electron chi connectivity index (χ4n) is 1.49. The second kappa shape index (κ2) is 3.70. The maximum absolute atomic E-state index is 11.0. The Hall–Kier alpha value is -1.29. The molecule has 4 nitrogen and oxygen atoms in total. The number of halogens is 1. The number of aliphatic carboxylic acids is 2. The van der Waals surface area contributed by atoms with Gasteiger partial charge in [0.1, 0.15) is 5.92 Å². The quantitative estimate of drug-likeness (QED) is 0.559. The molecule has 1 rings (SSSR count). The third-order valence-corrected chi connectivity index (χ3v) is 2.96. The van der Waals surface area contributed by atoms with Crippen molar-refractivity contribution in [3.8, 4) is 0 Å². The summed E-state index contributed by atoms with van der Waals surface area (Å²) in [6.45, 7) is 3.16. The molecule has 1 aliphatic carbocycles. The van der Waals surface area contributed by atoms with E-state index >= 15 is 0 Å². The summed E-state index contributed by atoms with van der Waals surface area (Å²) in [6.07, 6.45) is 2.82. The van der Waals surface area contributed by atoms with Crippen LogP contribution in [0.2, 0.25) is 0 Å². The lowest BCUT2D eigenvalue weighted by molar-refractivity contribution is -0.142. The van der Waals surface area contributed by atoms with Crippen molar-refractivity contribution in [3.63, 3.8) is 0 Å². The molecule has 0 saturated carbocycles. The number of alkyl halides is 1. The monoisotopic (exact) mass is 230 g/mol. The average molecular weight is 231 g/mol. The van der Waals surface area contributed by atoms with E-state index in [-0.39, 0.29) is 5.57 Å². The van der Waals surface area contributed by atoms with Crippen LogP contribution in [0.3, 0.4) is 0 Å². The zero-order valence-corrected chi connectivity index (χ0v) is 9.08. The van der Waals surface area contributed by atoms with E-state index in [2.05, 4.69) is 0 Å². The lowest BCUT2D eigenvalue weighted by Crippen LogP contribution is -2.30. The van der Waals surface area contributed by atoms with E-state index in [1.165, 1.54) is 19.1 Å². The number of hydrogen-bond acceptors (Lipinski definition) is 2. The summed E-state index contributed by atoms with van der Waals surface area (Å²) in [5, 5.41) is 17.8. The van der Waals surface area contributed by atoms with Gasteiger partial charge in [0.2, 0.25) is 0 Å². The van der Waals surface area contributed by atoms with E-state index in [4.69, 9.17) is 21.8 Å². The summed E-state index contributed by atoms with van der Waals surface area (Å²) in [5.41, 5.74) is 0.217. The predicted octanol–water partition coefficient (Wildman–Crippen LogP) is 1.66. The van der Waals surface area contributed by atoms with Gasteiger partial charge >= 0.3 is 11.9 Å². The zero-order valence-electron chi connectivity index (χ0n) is 8.32.